The Kier molecular flexibility index (Phi) is 10.1. The minimum absolute atomic E-state index is 0.0599. The van der Waals surface area contributed by atoms with Crippen molar-refractivity contribution in [3.8, 4) is 0 Å². The van der Waals surface area contributed by atoms with Crippen LogP contribution >= 0.6 is 0 Å². The summed E-state index contributed by atoms with van der Waals surface area (Å²) in [5.74, 6) is 0.768. The van der Waals surface area contributed by atoms with Gasteiger partial charge in [-0.05, 0) is 33.1 Å². The number of rotatable bonds is 2. The van der Waals surface area contributed by atoms with E-state index in [1.807, 2.05) is 20.8 Å². The number of hydrogen-bond acceptors (Lipinski definition) is 5. The summed E-state index contributed by atoms with van der Waals surface area (Å²) in [5.41, 5.74) is -0.311. The Morgan fingerprint density at radius 2 is 1.77 bits per heavy atom. The molecule has 1 aliphatic heterocycles. The lowest BCUT2D eigenvalue weighted by atomic mass is 9.81. The van der Waals surface area contributed by atoms with Crippen molar-refractivity contribution in [1.29, 1.82) is 0 Å². The van der Waals surface area contributed by atoms with Crippen LogP contribution in [0, 0.1) is 17.3 Å². The second kappa shape index (κ2) is 10.6. The van der Waals surface area contributed by atoms with Crippen molar-refractivity contribution in [2.24, 2.45) is 17.3 Å². The molecule has 22 heavy (non-hydrogen) atoms. The number of ether oxygens (including phenoxy) is 3. The Morgan fingerprint density at radius 1 is 1.23 bits per heavy atom. The van der Waals surface area contributed by atoms with Gasteiger partial charge in [-0.15, -0.1) is 0 Å². The molecule has 0 spiro atoms. The molecule has 0 aromatic heterocycles. The molecule has 2 fully saturated rings. The zero-order valence-electron chi connectivity index (χ0n) is 14.9. The number of carbonyl (C=O) groups is 2. The Labute approximate surface area is 134 Å². The van der Waals surface area contributed by atoms with Gasteiger partial charge in [0.15, 0.2) is 0 Å². The third-order valence-electron chi connectivity index (χ3n) is 4.27. The fraction of sp³-hybridized carbons (Fsp3) is 0.882. The van der Waals surface area contributed by atoms with Crippen LogP contribution in [0.3, 0.4) is 0 Å². The molecule has 2 atom stereocenters. The monoisotopic (exact) mass is 316 g/mol. The highest BCUT2D eigenvalue weighted by molar-refractivity contribution is 5.75. The lowest BCUT2D eigenvalue weighted by molar-refractivity contribution is -0.150. The van der Waals surface area contributed by atoms with Crippen LogP contribution in [0.2, 0.25) is 0 Å². The first-order chi connectivity index (χ1) is 10.3. The molecule has 1 saturated carbocycles. The van der Waals surface area contributed by atoms with Gasteiger partial charge < -0.3 is 14.2 Å². The van der Waals surface area contributed by atoms with Gasteiger partial charge in [-0.3, -0.25) is 9.59 Å². The number of esters is 2. The standard InChI is InChI=1S/C8H12O2.C7H14O2.C2H6O/c9-8-7-4-2-1-3-6(7)5-10-8;1-5-7(2,3)6(8)9-4;1-3-2/h6-7H,1-5H2;5H2,1-4H3;1-2H3. The third-order valence-corrected chi connectivity index (χ3v) is 4.27. The van der Waals surface area contributed by atoms with Crippen LogP contribution in [0.5, 0.6) is 0 Å². The average molecular weight is 316 g/mol. The first kappa shape index (κ1) is 20.9. The van der Waals surface area contributed by atoms with E-state index in [0.29, 0.717) is 12.5 Å². The average Bonchev–Trinajstić information content (AvgIpc) is 2.90. The molecular formula is C17H32O5. The summed E-state index contributed by atoms with van der Waals surface area (Å²) in [4.78, 5) is 21.8. The third kappa shape index (κ3) is 6.77. The van der Waals surface area contributed by atoms with Crippen LogP contribution in [0.4, 0.5) is 0 Å². The summed E-state index contributed by atoms with van der Waals surface area (Å²) < 4.78 is 13.8. The predicted molar refractivity (Wildman–Crippen MR) is 85.4 cm³/mol. The molecule has 0 aromatic carbocycles. The highest BCUT2D eigenvalue weighted by Crippen LogP contribution is 2.35. The van der Waals surface area contributed by atoms with E-state index in [2.05, 4.69) is 9.47 Å². The number of fused-ring (bicyclic) bond motifs is 1. The van der Waals surface area contributed by atoms with Crippen LogP contribution in [0.15, 0.2) is 0 Å². The molecule has 5 nitrogen and oxygen atoms in total. The summed E-state index contributed by atoms with van der Waals surface area (Å²) >= 11 is 0. The first-order valence-corrected chi connectivity index (χ1v) is 7.99. The maximum absolute atomic E-state index is 11.0. The Morgan fingerprint density at radius 3 is 2.18 bits per heavy atom. The van der Waals surface area contributed by atoms with Gasteiger partial charge in [0, 0.05) is 20.1 Å². The van der Waals surface area contributed by atoms with E-state index >= 15 is 0 Å². The van der Waals surface area contributed by atoms with Crippen molar-refractivity contribution in [2.75, 3.05) is 27.9 Å². The maximum atomic E-state index is 11.0. The quantitative estimate of drug-likeness (QED) is 0.732. The molecule has 0 amide bonds. The predicted octanol–water partition coefficient (Wildman–Crippen LogP) is 3.21. The molecule has 1 saturated heterocycles. The largest absolute Gasteiger partial charge is 0.469 e. The van der Waals surface area contributed by atoms with Gasteiger partial charge >= 0.3 is 11.9 Å². The van der Waals surface area contributed by atoms with Crippen molar-refractivity contribution in [1.82, 2.24) is 0 Å². The summed E-state index contributed by atoms with van der Waals surface area (Å²) in [6.07, 6.45) is 5.60. The fourth-order valence-corrected chi connectivity index (χ4v) is 2.43. The van der Waals surface area contributed by atoms with Gasteiger partial charge in [0.25, 0.3) is 0 Å². The topological polar surface area (TPSA) is 61.8 Å². The molecular weight excluding hydrogens is 284 g/mol. The molecule has 0 bridgehead atoms. The van der Waals surface area contributed by atoms with Gasteiger partial charge in [-0.2, -0.15) is 0 Å². The van der Waals surface area contributed by atoms with Crippen LogP contribution in [0.1, 0.15) is 52.9 Å². The summed E-state index contributed by atoms with van der Waals surface area (Å²) in [6, 6.07) is 0. The lowest BCUT2D eigenvalue weighted by Crippen LogP contribution is -2.24. The normalized spacial score (nSPS) is 23.1. The van der Waals surface area contributed by atoms with Crippen molar-refractivity contribution in [3.63, 3.8) is 0 Å². The molecule has 130 valence electrons. The highest BCUT2D eigenvalue weighted by atomic mass is 16.5. The first-order valence-electron chi connectivity index (χ1n) is 7.99. The van der Waals surface area contributed by atoms with Crippen LogP contribution in [-0.2, 0) is 23.8 Å². The van der Waals surface area contributed by atoms with Gasteiger partial charge in [0.2, 0.25) is 0 Å². The SMILES string of the molecule is CCC(C)(C)C(=O)OC.COC.O=C1OCC2CCCCC12. The van der Waals surface area contributed by atoms with Gasteiger partial charge in [-0.1, -0.05) is 19.8 Å². The molecule has 2 rings (SSSR count). The van der Waals surface area contributed by atoms with Crippen molar-refractivity contribution in [3.05, 3.63) is 0 Å². The Hall–Kier alpha value is -1.10. The van der Waals surface area contributed by atoms with E-state index in [0.717, 1.165) is 12.8 Å². The van der Waals surface area contributed by atoms with Crippen LogP contribution in [0.25, 0.3) is 0 Å². The minimum Gasteiger partial charge on any atom is -0.469 e. The number of methoxy groups -OCH3 is 2. The fourth-order valence-electron chi connectivity index (χ4n) is 2.43. The van der Waals surface area contributed by atoms with Gasteiger partial charge in [-0.25, -0.2) is 0 Å². The molecule has 1 aliphatic carbocycles. The van der Waals surface area contributed by atoms with E-state index in [4.69, 9.17) is 4.74 Å². The number of cyclic esters (lactones) is 1. The molecule has 0 N–H and O–H groups in total. The summed E-state index contributed by atoms with van der Waals surface area (Å²) in [5, 5.41) is 0. The number of carbonyl (C=O) groups excluding carboxylic acids is 2. The lowest BCUT2D eigenvalue weighted by Gasteiger charge is -2.19. The number of hydrogen-bond donors (Lipinski definition) is 0. The van der Waals surface area contributed by atoms with Gasteiger partial charge in [0.1, 0.15) is 0 Å². The smallest absolute Gasteiger partial charge is 0.311 e. The maximum Gasteiger partial charge on any atom is 0.311 e. The second-order valence-electron chi connectivity index (χ2n) is 6.42. The Balaban J connectivity index is 0.000000344. The minimum atomic E-state index is -0.311. The molecule has 0 aromatic rings. The molecule has 2 aliphatic rings. The van der Waals surface area contributed by atoms with Crippen molar-refractivity contribution >= 4 is 11.9 Å². The van der Waals surface area contributed by atoms with E-state index in [1.165, 1.54) is 26.4 Å². The van der Waals surface area contributed by atoms with E-state index in [-0.39, 0.29) is 23.3 Å². The second-order valence-corrected chi connectivity index (χ2v) is 6.42. The zero-order chi connectivity index (χ0) is 17.2. The Bertz CT molecular complexity index is 338. The molecule has 0 radical (unpaired) electrons. The zero-order valence-corrected chi connectivity index (χ0v) is 14.9. The van der Waals surface area contributed by atoms with E-state index in [1.54, 1.807) is 14.2 Å². The molecule has 2 unspecified atom stereocenters. The van der Waals surface area contributed by atoms with Gasteiger partial charge in [0.05, 0.1) is 25.0 Å². The summed E-state index contributed by atoms with van der Waals surface area (Å²) in [7, 11) is 4.67. The van der Waals surface area contributed by atoms with Crippen molar-refractivity contribution in [2.45, 2.75) is 52.9 Å². The van der Waals surface area contributed by atoms with Crippen molar-refractivity contribution < 1.29 is 23.8 Å². The van der Waals surface area contributed by atoms with E-state index in [9.17, 15) is 9.59 Å². The molecule has 1 heterocycles. The summed E-state index contributed by atoms with van der Waals surface area (Å²) in [6.45, 7) is 6.41. The highest BCUT2D eigenvalue weighted by Gasteiger charge is 2.37. The molecule has 5 heteroatoms. The van der Waals surface area contributed by atoms with Crippen LogP contribution in [-0.4, -0.2) is 39.9 Å². The van der Waals surface area contributed by atoms with E-state index < -0.39 is 0 Å². The van der Waals surface area contributed by atoms with Crippen LogP contribution < -0.4 is 0 Å².